The van der Waals surface area contributed by atoms with Crippen LogP contribution in [0.5, 0.6) is 0 Å². The molecular formula is C14H19ClN2O2. The standard InChI is InChI=1S/C14H19ClN2O2/c1-9(2)12-6-11(7-13(15)16-12)14(18)17-4-5-19-8-10(17)3/h6-7,9-10H,4-5,8H2,1-3H3. The van der Waals surface area contributed by atoms with E-state index in [4.69, 9.17) is 16.3 Å². The minimum atomic E-state index is 0.00185. The molecule has 0 bridgehead atoms. The number of halogens is 1. The smallest absolute Gasteiger partial charge is 0.254 e. The lowest BCUT2D eigenvalue weighted by atomic mass is 10.1. The number of carbonyl (C=O) groups excluding carboxylic acids is 1. The minimum absolute atomic E-state index is 0.00185. The van der Waals surface area contributed by atoms with Crippen LogP contribution in [0.3, 0.4) is 0 Å². The SMILES string of the molecule is CC(C)c1cc(C(=O)N2CCOCC2C)cc(Cl)n1. The largest absolute Gasteiger partial charge is 0.377 e. The zero-order chi connectivity index (χ0) is 14.0. The second-order valence-electron chi connectivity index (χ2n) is 5.18. The molecule has 4 nitrogen and oxygen atoms in total. The number of ether oxygens (including phenoxy) is 1. The average Bonchev–Trinajstić information content (AvgIpc) is 2.37. The van der Waals surface area contributed by atoms with Crippen LogP contribution in [0.15, 0.2) is 12.1 Å². The summed E-state index contributed by atoms with van der Waals surface area (Å²) in [6.45, 7) is 7.85. The molecule has 2 rings (SSSR count). The first-order valence-corrected chi connectivity index (χ1v) is 6.93. The maximum absolute atomic E-state index is 12.5. The number of morpholine rings is 1. The number of amides is 1. The van der Waals surface area contributed by atoms with Crippen molar-refractivity contribution in [2.45, 2.75) is 32.7 Å². The zero-order valence-electron chi connectivity index (χ0n) is 11.5. The molecule has 0 radical (unpaired) electrons. The maximum atomic E-state index is 12.5. The second kappa shape index (κ2) is 5.88. The lowest BCUT2D eigenvalue weighted by Crippen LogP contribution is -2.47. The van der Waals surface area contributed by atoms with Crippen LogP contribution in [0.4, 0.5) is 0 Å². The van der Waals surface area contributed by atoms with Gasteiger partial charge < -0.3 is 9.64 Å². The van der Waals surface area contributed by atoms with E-state index in [-0.39, 0.29) is 17.9 Å². The van der Waals surface area contributed by atoms with Gasteiger partial charge in [-0.3, -0.25) is 4.79 Å². The molecular weight excluding hydrogens is 264 g/mol. The molecule has 19 heavy (non-hydrogen) atoms. The Bertz CT molecular complexity index is 477. The molecule has 1 amide bonds. The number of hydrogen-bond donors (Lipinski definition) is 0. The van der Waals surface area contributed by atoms with E-state index in [0.29, 0.717) is 30.5 Å². The monoisotopic (exact) mass is 282 g/mol. The van der Waals surface area contributed by atoms with Crippen molar-refractivity contribution in [1.29, 1.82) is 0 Å². The Kier molecular flexibility index (Phi) is 4.42. The van der Waals surface area contributed by atoms with Crippen LogP contribution >= 0.6 is 11.6 Å². The molecule has 0 aromatic carbocycles. The number of aromatic nitrogens is 1. The topological polar surface area (TPSA) is 42.4 Å². The summed E-state index contributed by atoms with van der Waals surface area (Å²) >= 11 is 6.01. The van der Waals surface area contributed by atoms with Gasteiger partial charge in [-0.15, -0.1) is 0 Å². The summed E-state index contributed by atoms with van der Waals surface area (Å²) in [4.78, 5) is 18.6. The molecule has 1 fully saturated rings. The highest BCUT2D eigenvalue weighted by Crippen LogP contribution is 2.20. The van der Waals surface area contributed by atoms with E-state index in [2.05, 4.69) is 4.98 Å². The molecule has 2 heterocycles. The Balaban J connectivity index is 2.27. The van der Waals surface area contributed by atoms with Gasteiger partial charge in [0.25, 0.3) is 5.91 Å². The molecule has 0 spiro atoms. The lowest BCUT2D eigenvalue weighted by Gasteiger charge is -2.33. The number of nitrogens with zero attached hydrogens (tertiary/aromatic N) is 2. The van der Waals surface area contributed by atoms with E-state index in [1.807, 2.05) is 31.7 Å². The molecule has 5 heteroatoms. The molecule has 1 aromatic rings. The van der Waals surface area contributed by atoms with Crippen LogP contribution in [-0.2, 0) is 4.74 Å². The van der Waals surface area contributed by atoms with E-state index in [1.54, 1.807) is 6.07 Å². The van der Waals surface area contributed by atoms with Gasteiger partial charge in [-0.05, 0) is 25.0 Å². The Labute approximate surface area is 118 Å². The molecule has 0 N–H and O–H groups in total. The Morgan fingerprint density at radius 2 is 2.26 bits per heavy atom. The molecule has 1 saturated heterocycles. The predicted octanol–water partition coefficient (Wildman–Crippen LogP) is 2.72. The fraction of sp³-hybridized carbons (Fsp3) is 0.571. The van der Waals surface area contributed by atoms with Crippen LogP contribution in [0, 0.1) is 0 Å². The van der Waals surface area contributed by atoms with Gasteiger partial charge in [0.05, 0.1) is 19.3 Å². The van der Waals surface area contributed by atoms with Crippen molar-refractivity contribution >= 4 is 17.5 Å². The van der Waals surface area contributed by atoms with Crippen LogP contribution in [0.2, 0.25) is 5.15 Å². The van der Waals surface area contributed by atoms with Crippen LogP contribution in [0.25, 0.3) is 0 Å². The van der Waals surface area contributed by atoms with Crippen LogP contribution in [-0.4, -0.2) is 41.6 Å². The Morgan fingerprint density at radius 1 is 1.53 bits per heavy atom. The molecule has 104 valence electrons. The van der Waals surface area contributed by atoms with Crippen molar-refractivity contribution in [2.75, 3.05) is 19.8 Å². The summed E-state index contributed by atoms with van der Waals surface area (Å²) in [5, 5.41) is 0.371. The number of hydrogen-bond acceptors (Lipinski definition) is 3. The molecule has 0 saturated carbocycles. The third kappa shape index (κ3) is 3.25. The quantitative estimate of drug-likeness (QED) is 0.783. The first kappa shape index (κ1) is 14.3. The highest BCUT2D eigenvalue weighted by molar-refractivity contribution is 6.29. The number of rotatable bonds is 2. The molecule has 1 aliphatic rings. The third-order valence-electron chi connectivity index (χ3n) is 3.28. The van der Waals surface area contributed by atoms with E-state index < -0.39 is 0 Å². The van der Waals surface area contributed by atoms with Crippen molar-refractivity contribution in [1.82, 2.24) is 9.88 Å². The van der Waals surface area contributed by atoms with E-state index in [0.717, 1.165) is 5.69 Å². The summed E-state index contributed by atoms with van der Waals surface area (Å²) < 4.78 is 5.35. The van der Waals surface area contributed by atoms with Gasteiger partial charge in [-0.2, -0.15) is 0 Å². The number of pyridine rings is 1. The summed E-state index contributed by atoms with van der Waals surface area (Å²) in [7, 11) is 0. The van der Waals surface area contributed by atoms with Gasteiger partial charge in [0, 0.05) is 17.8 Å². The maximum Gasteiger partial charge on any atom is 0.254 e. The van der Waals surface area contributed by atoms with Gasteiger partial charge in [-0.1, -0.05) is 25.4 Å². The third-order valence-corrected chi connectivity index (χ3v) is 3.47. The van der Waals surface area contributed by atoms with Crippen molar-refractivity contribution < 1.29 is 9.53 Å². The minimum Gasteiger partial charge on any atom is -0.377 e. The van der Waals surface area contributed by atoms with Crippen LogP contribution in [0.1, 0.15) is 42.7 Å². The van der Waals surface area contributed by atoms with E-state index in [1.165, 1.54) is 0 Å². The first-order valence-electron chi connectivity index (χ1n) is 6.55. The summed E-state index contributed by atoms with van der Waals surface area (Å²) in [5.74, 6) is 0.245. The Hall–Kier alpha value is -1.13. The van der Waals surface area contributed by atoms with E-state index in [9.17, 15) is 4.79 Å². The normalized spacial score (nSPS) is 19.8. The first-order chi connectivity index (χ1) is 8.99. The van der Waals surface area contributed by atoms with Crippen molar-refractivity contribution in [2.24, 2.45) is 0 Å². The van der Waals surface area contributed by atoms with Crippen molar-refractivity contribution in [3.63, 3.8) is 0 Å². The second-order valence-corrected chi connectivity index (χ2v) is 5.57. The van der Waals surface area contributed by atoms with Gasteiger partial charge >= 0.3 is 0 Å². The molecule has 1 aliphatic heterocycles. The highest BCUT2D eigenvalue weighted by atomic mass is 35.5. The van der Waals surface area contributed by atoms with Gasteiger partial charge in [-0.25, -0.2) is 4.98 Å². The summed E-state index contributed by atoms with van der Waals surface area (Å²) in [5.41, 5.74) is 1.45. The molecule has 1 unspecified atom stereocenters. The van der Waals surface area contributed by atoms with Gasteiger partial charge in [0.2, 0.25) is 0 Å². The van der Waals surface area contributed by atoms with Crippen molar-refractivity contribution in [3.05, 3.63) is 28.5 Å². The summed E-state index contributed by atoms with van der Waals surface area (Å²) in [6.07, 6.45) is 0. The van der Waals surface area contributed by atoms with Crippen molar-refractivity contribution in [3.8, 4) is 0 Å². The number of carbonyl (C=O) groups is 1. The van der Waals surface area contributed by atoms with Crippen LogP contribution < -0.4 is 0 Å². The fourth-order valence-electron chi connectivity index (χ4n) is 2.13. The lowest BCUT2D eigenvalue weighted by molar-refractivity contribution is 0.00358. The molecule has 0 aliphatic carbocycles. The predicted molar refractivity (Wildman–Crippen MR) is 74.7 cm³/mol. The zero-order valence-corrected chi connectivity index (χ0v) is 12.3. The van der Waals surface area contributed by atoms with Gasteiger partial charge in [0.15, 0.2) is 0 Å². The summed E-state index contributed by atoms with van der Waals surface area (Å²) in [6, 6.07) is 3.56. The molecule has 1 aromatic heterocycles. The van der Waals surface area contributed by atoms with Gasteiger partial charge in [0.1, 0.15) is 5.15 Å². The Morgan fingerprint density at radius 3 is 2.89 bits per heavy atom. The molecule has 1 atom stereocenters. The van der Waals surface area contributed by atoms with E-state index >= 15 is 0 Å². The highest BCUT2D eigenvalue weighted by Gasteiger charge is 2.25. The average molecular weight is 283 g/mol. The fourth-order valence-corrected chi connectivity index (χ4v) is 2.35.